The lowest BCUT2D eigenvalue weighted by atomic mass is 9.93. The number of H-pyrrole nitrogens is 1. The van der Waals surface area contributed by atoms with Gasteiger partial charge in [0.25, 0.3) is 11.7 Å². The molecule has 3 amide bonds. The van der Waals surface area contributed by atoms with E-state index >= 15 is 0 Å². The minimum atomic E-state index is -3.62. The monoisotopic (exact) mass is 638 g/mol. The Balaban J connectivity index is 1.25. The third kappa shape index (κ3) is 6.56. The van der Waals surface area contributed by atoms with Crippen LogP contribution in [0, 0.1) is 11.3 Å². The number of hydrogen-bond acceptors (Lipinski definition) is 6. The zero-order chi connectivity index (χ0) is 32.8. The van der Waals surface area contributed by atoms with E-state index in [4.69, 9.17) is 0 Å². The molecule has 0 saturated carbocycles. The number of aromatic nitrogens is 1. The molecule has 11 nitrogen and oxygen atoms in total. The third-order valence-electron chi connectivity index (χ3n) is 8.04. The number of para-hydroxylation sites is 1. The van der Waals surface area contributed by atoms with Crippen LogP contribution in [-0.4, -0.2) is 66.5 Å². The largest absolute Gasteiger partial charge is 0.359 e. The van der Waals surface area contributed by atoms with E-state index in [1.54, 1.807) is 32.0 Å². The van der Waals surface area contributed by atoms with E-state index in [1.807, 2.05) is 30.3 Å². The predicted molar refractivity (Wildman–Crippen MR) is 177 cm³/mol. The fourth-order valence-corrected chi connectivity index (χ4v) is 7.05. The van der Waals surface area contributed by atoms with Crippen molar-refractivity contribution >= 4 is 55.6 Å². The molecule has 236 valence electrons. The Kier molecular flexibility index (Phi) is 9.65. The SMILES string of the molecule is CCN(CC)S(=O)(=O)c1ccc(NC(=O)Nc2cccc3c(C(=O)C(=O)N4CCC(=C(C#N)c5ccccc5)CC4)c[nH]c23)cc1. The van der Waals surface area contributed by atoms with Crippen LogP contribution in [0.2, 0.25) is 0 Å². The molecular weight excluding hydrogens is 604 g/mol. The number of aromatic amines is 1. The maximum absolute atomic E-state index is 13.3. The van der Waals surface area contributed by atoms with Gasteiger partial charge in [0.15, 0.2) is 0 Å². The van der Waals surface area contributed by atoms with E-state index in [1.165, 1.54) is 39.7 Å². The van der Waals surface area contributed by atoms with Crippen LogP contribution in [0.25, 0.3) is 16.5 Å². The first-order valence-electron chi connectivity index (χ1n) is 15.0. The molecule has 0 unspecified atom stereocenters. The Morgan fingerprint density at radius 1 is 0.913 bits per heavy atom. The number of nitriles is 1. The molecule has 1 fully saturated rings. The normalized spacial score (nSPS) is 13.3. The summed E-state index contributed by atoms with van der Waals surface area (Å²) in [7, 11) is -3.62. The van der Waals surface area contributed by atoms with Gasteiger partial charge in [0.05, 0.1) is 33.3 Å². The second-order valence-electron chi connectivity index (χ2n) is 10.7. The number of allylic oxidation sites excluding steroid dienone is 1. The van der Waals surface area contributed by atoms with Gasteiger partial charge in [-0.25, -0.2) is 13.2 Å². The number of likely N-dealkylation sites (tertiary alicyclic amines) is 1. The first-order valence-corrected chi connectivity index (χ1v) is 16.4. The molecule has 4 aromatic rings. The molecule has 3 aromatic carbocycles. The van der Waals surface area contributed by atoms with E-state index in [0.717, 1.165) is 11.1 Å². The predicted octanol–water partition coefficient (Wildman–Crippen LogP) is 5.62. The Bertz CT molecular complexity index is 1950. The van der Waals surface area contributed by atoms with E-state index in [2.05, 4.69) is 21.7 Å². The number of amides is 3. The maximum atomic E-state index is 13.3. The van der Waals surface area contributed by atoms with E-state index < -0.39 is 27.7 Å². The van der Waals surface area contributed by atoms with Crippen molar-refractivity contribution in [1.29, 1.82) is 5.26 Å². The Labute approximate surface area is 267 Å². The Hall–Kier alpha value is -5.25. The van der Waals surface area contributed by atoms with Gasteiger partial charge in [0.1, 0.15) is 0 Å². The second kappa shape index (κ2) is 13.8. The average Bonchev–Trinajstić information content (AvgIpc) is 3.51. The fraction of sp³-hybridized carbons (Fsp3) is 0.235. The molecule has 1 aromatic heterocycles. The van der Waals surface area contributed by atoms with Crippen molar-refractivity contribution in [3.05, 3.63) is 95.7 Å². The van der Waals surface area contributed by atoms with Crippen molar-refractivity contribution in [2.45, 2.75) is 31.6 Å². The number of Topliss-reactive ketones (excluding diaryl/α,β-unsaturated/α-hetero) is 1. The van der Waals surface area contributed by atoms with Gasteiger partial charge in [-0.1, -0.05) is 56.3 Å². The average molecular weight is 639 g/mol. The first kappa shape index (κ1) is 32.2. The van der Waals surface area contributed by atoms with Gasteiger partial charge >= 0.3 is 6.03 Å². The molecule has 0 spiro atoms. The number of carbonyl (C=O) groups is 3. The summed E-state index contributed by atoms with van der Waals surface area (Å²) in [6.07, 6.45) is 2.46. The topological polar surface area (TPSA) is 155 Å². The molecule has 5 rings (SSSR count). The van der Waals surface area contributed by atoms with Crippen molar-refractivity contribution in [3.8, 4) is 6.07 Å². The molecule has 46 heavy (non-hydrogen) atoms. The number of rotatable bonds is 9. The van der Waals surface area contributed by atoms with E-state index in [0.29, 0.717) is 66.9 Å². The minimum absolute atomic E-state index is 0.130. The number of sulfonamides is 1. The van der Waals surface area contributed by atoms with Gasteiger partial charge in [0, 0.05) is 43.4 Å². The lowest BCUT2D eigenvalue weighted by Gasteiger charge is -2.28. The maximum Gasteiger partial charge on any atom is 0.323 e. The standard InChI is InChI=1S/C34H34N6O5S/c1-3-40(4-2)46(44,45)26-15-13-25(14-16-26)37-34(43)38-30-12-8-11-27-29(22-36-31(27)30)32(41)33(42)39-19-17-24(18-20-39)28(21-35)23-9-6-5-7-10-23/h5-16,22,36H,3-4,17-20H2,1-2H3,(H2,37,38,43). The van der Waals surface area contributed by atoms with Crippen LogP contribution in [0.4, 0.5) is 16.2 Å². The number of nitrogens with one attached hydrogen (secondary N) is 3. The fourth-order valence-electron chi connectivity index (χ4n) is 5.59. The number of urea groups is 1. The summed E-state index contributed by atoms with van der Waals surface area (Å²) in [6.45, 7) is 4.89. The lowest BCUT2D eigenvalue weighted by molar-refractivity contribution is -0.126. The van der Waals surface area contributed by atoms with Crippen LogP contribution < -0.4 is 10.6 Å². The van der Waals surface area contributed by atoms with Crippen LogP contribution in [0.5, 0.6) is 0 Å². The van der Waals surface area contributed by atoms with Crippen LogP contribution in [0.3, 0.4) is 0 Å². The molecule has 3 N–H and O–H groups in total. The third-order valence-corrected chi connectivity index (χ3v) is 10.1. The molecule has 1 aliphatic heterocycles. The number of benzene rings is 3. The van der Waals surface area contributed by atoms with Crippen LogP contribution in [0.15, 0.2) is 89.5 Å². The van der Waals surface area contributed by atoms with Crippen LogP contribution >= 0.6 is 0 Å². The number of piperidine rings is 1. The van der Waals surface area contributed by atoms with Gasteiger partial charge in [-0.15, -0.1) is 0 Å². The number of carbonyl (C=O) groups excluding carboxylic acids is 3. The van der Waals surface area contributed by atoms with Crippen LogP contribution in [0.1, 0.15) is 42.6 Å². The summed E-state index contributed by atoms with van der Waals surface area (Å²) in [5.41, 5.74) is 3.86. The van der Waals surface area contributed by atoms with Gasteiger partial charge in [-0.05, 0) is 54.3 Å². The van der Waals surface area contributed by atoms with Gasteiger partial charge in [0.2, 0.25) is 10.0 Å². The molecule has 1 aliphatic rings. The zero-order valence-electron chi connectivity index (χ0n) is 25.5. The van der Waals surface area contributed by atoms with Gasteiger partial charge in [-0.2, -0.15) is 9.57 Å². The summed E-state index contributed by atoms with van der Waals surface area (Å²) >= 11 is 0. The minimum Gasteiger partial charge on any atom is -0.359 e. The van der Waals surface area contributed by atoms with Crippen molar-refractivity contribution in [1.82, 2.24) is 14.2 Å². The van der Waals surface area contributed by atoms with Crippen molar-refractivity contribution in [2.75, 3.05) is 36.8 Å². The highest BCUT2D eigenvalue weighted by Crippen LogP contribution is 2.29. The van der Waals surface area contributed by atoms with Crippen molar-refractivity contribution in [2.24, 2.45) is 0 Å². The first-order chi connectivity index (χ1) is 22.2. The highest BCUT2D eigenvalue weighted by molar-refractivity contribution is 7.89. The molecule has 0 radical (unpaired) electrons. The zero-order valence-corrected chi connectivity index (χ0v) is 26.4. The van der Waals surface area contributed by atoms with E-state index in [-0.39, 0.29) is 10.5 Å². The molecule has 12 heteroatoms. The van der Waals surface area contributed by atoms with Crippen molar-refractivity contribution in [3.63, 3.8) is 0 Å². The summed E-state index contributed by atoms with van der Waals surface area (Å²) < 4.78 is 26.8. The number of hydrogen-bond donors (Lipinski definition) is 3. The summed E-state index contributed by atoms with van der Waals surface area (Å²) in [5.74, 6) is -1.29. The number of ketones is 1. The molecule has 0 bridgehead atoms. The molecular formula is C34H34N6O5S. The van der Waals surface area contributed by atoms with Crippen molar-refractivity contribution < 1.29 is 22.8 Å². The van der Waals surface area contributed by atoms with Gasteiger partial charge in [-0.3, -0.25) is 9.59 Å². The lowest BCUT2D eigenvalue weighted by Crippen LogP contribution is -2.40. The number of fused-ring (bicyclic) bond motifs is 1. The number of nitrogens with zero attached hydrogens (tertiary/aromatic N) is 3. The smallest absolute Gasteiger partial charge is 0.323 e. The quantitative estimate of drug-likeness (QED) is 0.123. The highest BCUT2D eigenvalue weighted by Gasteiger charge is 2.29. The summed E-state index contributed by atoms with van der Waals surface area (Å²) in [4.78, 5) is 44.1. The molecule has 0 aliphatic carbocycles. The highest BCUT2D eigenvalue weighted by atomic mass is 32.2. The second-order valence-corrected chi connectivity index (χ2v) is 12.6. The van der Waals surface area contributed by atoms with Gasteiger partial charge < -0.3 is 20.5 Å². The molecule has 1 saturated heterocycles. The summed E-state index contributed by atoms with van der Waals surface area (Å²) in [6, 6.07) is 22.1. The number of anilines is 2. The molecule has 2 heterocycles. The summed E-state index contributed by atoms with van der Waals surface area (Å²) in [5, 5.41) is 15.7. The molecule has 0 atom stereocenters. The Morgan fingerprint density at radius 2 is 1.59 bits per heavy atom. The Morgan fingerprint density at radius 3 is 2.22 bits per heavy atom. The van der Waals surface area contributed by atoms with Crippen LogP contribution in [-0.2, 0) is 14.8 Å². The van der Waals surface area contributed by atoms with E-state index in [9.17, 15) is 28.1 Å².